The zero-order chi connectivity index (χ0) is 15.1. The van der Waals surface area contributed by atoms with Crippen molar-refractivity contribution in [2.75, 3.05) is 0 Å². The maximum Gasteiger partial charge on any atom is 0.232 e. The quantitative estimate of drug-likeness (QED) is 0.608. The number of allylic oxidation sites excluding steroid dienone is 1. The third kappa shape index (κ3) is 2.27. The molecule has 0 aromatic heterocycles. The van der Waals surface area contributed by atoms with Crippen LogP contribution >= 0.6 is 15.9 Å². The van der Waals surface area contributed by atoms with Crippen LogP contribution < -0.4 is 4.74 Å². The standard InChI is InChI=1S/C15H8BrFO4/c16-8-2-1-7(10(17)6-8)5-12-13(19)9-3-4-11(18)14(20)15(9)21-12/h1-6,18,20H/b12-5-. The minimum absolute atomic E-state index is 0.118. The summed E-state index contributed by atoms with van der Waals surface area (Å²) in [7, 11) is 0. The number of benzene rings is 2. The normalized spacial score (nSPS) is 15.1. The SMILES string of the molecule is O=C1/C(=C/c2ccc(Br)cc2F)Oc2c1ccc(O)c2O. The number of hydrogen-bond donors (Lipinski definition) is 2. The molecule has 0 atom stereocenters. The van der Waals surface area contributed by atoms with Gasteiger partial charge in [0.1, 0.15) is 5.82 Å². The molecule has 0 fully saturated rings. The first kappa shape index (κ1) is 13.6. The summed E-state index contributed by atoms with van der Waals surface area (Å²) in [6.07, 6.45) is 1.25. The monoisotopic (exact) mass is 350 g/mol. The highest BCUT2D eigenvalue weighted by Crippen LogP contribution is 2.44. The lowest BCUT2D eigenvalue weighted by molar-refractivity contribution is 0.101. The van der Waals surface area contributed by atoms with Crippen LogP contribution in [0.4, 0.5) is 4.39 Å². The lowest BCUT2D eigenvalue weighted by Crippen LogP contribution is -1.98. The second kappa shape index (κ2) is 4.89. The zero-order valence-electron chi connectivity index (χ0n) is 10.4. The summed E-state index contributed by atoms with van der Waals surface area (Å²) >= 11 is 3.14. The van der Waals surface area contributed by atoms with Crippen molar-refractivity contribution in [3.63, 3.8) is 0 Å². The Bertz CT molecular complexity index is 799. The predicted molar refractivity (Wildman–Crippen MR) is 76.8 cm³/mol. The molecule has 4 nitrogen and oxygen atoms in total. The number of carbonyl (C=O) groups excluding carboxylic acids is 1. The molecule has 0 spiro atoms. The molecule has 0 saturated heterocycles. The maximum absolute atomic E-state index is 13.8. The third-order valence-corrected chi connectivity index (χ3v) is 3.53. The van der Waals surface area contributed by atoms with Gasteiger partial charge in [0.15, 0.2) is 17.3 Å². The predicted octanol–water partition coefficient (Wildman–Crippen LogP) is 3.62. The van der Waals surface area contributed by atoms with Gasteiger partial charge in [-0.1, -0.05) is 22.0 Å². The topological polar surface area (TPSA) is 66.8 Å². The van der Waals surface area contributed by atoms with Gasteiger partial charge in [-0.15, -0.1) is 0 Å². The molecule has 0 radical (unpaired) electrons. The summed E-state index contributed by atoms with van der Waals surface area (Å²) in [4.78, 5) is 12.1. The molecule has 1 aliphatic rings. The van der Waals surface area contributed by atoms with Crippen molar-refractivity contribution in [3.8, 4) is 17.2 Å². The Morgan fingerprint density at radius 2 is 1.95 bits per heavy atom. The summed E-state index contributed by atoms with van der Waals surface area (Å²) in [5, 5.41) is 19.1. The molecule has 3 rings (SSSR count). The van der Waals surface area contributed by atoms with E-state index in [0.29, 0.717) is 4.47 Å². The van der Waals surface area contributed by atoms with Crippen LogP contribution in [0, 0.1) is 5.82 Å². The van der Waals surface area contributed by atoms with Crippen LogP contribution in [0.25, 0.3) is 6.08 Å². The molecule has 2 N–H and O–H groups in total. The molecule has 0 amide bonds. The van der Waals surface area contributed by atoms with Crippen molar-refractivity contribution >= 4 is 27.8 Å². The van der Waals surface area contributed by atoms with E-state index in [-0.39, 0.29) is 22.6 Å². The minimum atomic E-state index is -0.517. The van der Waals surface area contributed by atoms with Crippen LogP contribution in [-0.4, -0.2) is 16.0 Å². The molecule has 1 aliphatic heterocycles. The summed E-state index contributed by atoms with van der Waals surface area (Å²) in [5.74, 6) is -2.15. The van der Waals surface area contributed by atoms with Crippen molar-refractivity contribution in [1.82, 2.24) is 0 Å². The van der Waals surface area contributed by atoms with Crippen LogP contribution in [0.5, 0.6) is 17.2 Å². The second-order valence-corrected chi connectivity index (χ2v) is 5.33. The van der Waals surface area contributed by atoms with Crippen molar-refractivity contribution in [3.05, 3.63) is 57.5 Å². The van der Waals surface area contributed by atoms with Gasteiger partial charge in [0.2, 0.25) is 11.5 Å². The molecular weight excluding hydrogens is 343 g/mol. The van der Waals surface area contributed by atoms with Crippen molar-refractivity contribution in [2.24, 2.45) is 0 Å². The highest BCUT2D eigenvalue weighted by Gasteiger charge is 2.31. The minimum Gasteiger partial charge on any atom is -0.504 e. The van der Waals surface area contributed by atoms with Crippen LogP contribution in [0.1, 0.15) is 15.9 Å². The highest BCUT2D eigenvalue weighted by molar-refractivity contribution is 9.10. The number of carbonyl (C=O) groups is 1. The average molecular weight is 351 g/mol. The molecule has 0 saturated carbocycles. The van der Waals surface area contributed by atoms with E-state index in [1.807, 2.05) is 0 Å². The van der Waals surface area contributed by atoms with Gasteiger partial charge in [-0.3, -0.25) is 4.79 Å². The summed E-state index contributed by atoms with van der Waals surface area (Å²) in [6, 6.07) is 6.92. The number of halogens is 2. The van der Waals surface area contributed by atoms with Gasteiger partial charge in [-0.2, -0.15) is 0 Å². The summed E-state index contributed by atoms with van der Waals surface area (Å²) in [5.41, 5.74) is 0.298. The number of Topliss-reactive ketones (excluding diaryl/α,β-unsaturated/α-hetero) is 1. The second-order valence-electron chi connectivity index (χ2n) is 4.42. The van der Waals surface area contributed by atoms with E-state index in [1.165, 1.54) is 30.3 Å². The molecule has 1 heterocycles. The smallest absolute Gasteiger partial charge is 0.232 e. The molecule has 2 aromatic rings. The Morgan fingerprint density at radius 3 is 2.67 bits per heavy atom. The fraction of sp³-hybridized carbons (Fsp3) is 0. The van der Waals surface area contributed by atoms with Crippen molar-refractivity contribution in [1.29, 1.82) is 0 Å². The first-order valence-corrected chi connectivity index (χ1v) is 6.71. The van der Waals surface area contributed by atoms with E-state index >= 15 is 0 Å². The first-order valence-electron chi connectivity index (χ1n) is 5.91. The Kier molecular flexibility index (Phi) is 3.17. The Morgan fingerprint density at radius 1 is 1.19 bits per heavy atom. The molecule has 2 aromatic carbocycles. The lowest BCUT2D eigenvalue weighted by atomic mass is 10.1. The molecule has 0 unspecified atom stereocenters. The summed E-state index contributed by atoms with van der Waals surface area (Å²) < 4.78 is 19.6. The van der Waals surface area contributed by atoms with Gasteiger partial charge in [0, 0.05) is 10.0 Å². The molecular formula is C15H8BrFO4. The van der Waals surface area contributed by atoms with E-state index in [0.717, 1.165) is 0 Å². The summed E-state index contributed by atoms with van der Waals surface area (Å²) in [6.45, 7) is 0. The number of aromatic hydroxyl groups is 2. The van der Waals surface area contributed by atoms with E-state index < -0.39 is 23.1 Å². The van der Waals surface area contributed by atoms with E-state index in [9.17, 15) is 19.4 Å². The lowest BCUT2D eigenvalue weighted by Gasteiger charge is -2.03. The van der Waals surface area contributed by atoms with Crippen molar-refractivity contribution < 1.29 is 24.1 Å². The zero-order valence-corrected chi connectivity index (χ0v) is 12.0. The molecule has 6 heteroatoms. The van der Waals surface area contributed by atoms with Gasteiger partial charge in [0.25, 0.3) is 0 Å². The van der Waals surface area contributed by atoms with Crippen molar-refractivity contribution in [2.45, 2.75) is 0 Å². The number of fused-ring (bicyclic) bond motifs is 1. The number of ketones is 1. The third-order valence-electron chi connectivity index (χ3n) is 3.04. The average Bonchev–Trinajstić information content (AvgIpc) is 2.75. The highest BCUT2D eigenvalue weighted by atomic mass is 79.9. The molecule has 21 heavy (non-hydrogen) atoms. The van der Waals surface area contributed by atoms with Gasteiger partial charge in [0.05, 0.1) is 5.56 Å². The van der Waals surface area contributed by atoms with Crippen LogP contribution in [-0.2, 0) is 0 Å². The Labute approximate surface area is 127 Å². The van der Waals surface area contributed by atoms with Crippen LogP contribution in [0.15, 0.2) is 40.6 Å². The fourth-order valence-corrected chi connectivity index (χ4v) is 2.32. The number of ether oxygens (including phenoxy) is 1. The molecule has 0 bridgehead atoms. The number of phenolic OH excluding ortho intramolecular Hbond substituents is 2. The molecule has 0 aliphatic carbocycles. The van der Waals surface area contributed by atoms with E-state index in [4.69, 9.17) is 4.74 Å². The first-order chi connectivity index (χ1) is 9.97. The van der Waals surface area contributed by atoms with Gasteiger partial charge < -0.3 is 14.9 Å². The molecule has 106 valence electrons. The van der Waals surface area contributed by atoms with Gasteiger partial charge >= 0.3 is 0 Å². The Balaban J connectivity index is 2.05. The van der Waals surface area contributed by atoms with Gasteiger partial charge in [-0.25, -0.2) is 4.39 Å². The number of hydrogen-bond acceptors (Lipinski definition) is 4. The van der Waals surface area contributed by atoms with Crippen LogP contribution in [0.3, 0.4) is 0 Å². The van der Waals surface area contributed by atoms with E-state index in [2.05, 4.69) is 15.9 Å². The van der Waals surface area contributed by atoms with Crippen LogP contribution in [0.2, 0.25) is 0 Å². The number of phenols is 2. The maximum atomic E-state index is 13.8. The number of rotatable bonds is 1. The fourth-order valence-electron chi connectivity index (χ4n) is 1.99. The largest absolute Gasteiger partial charge is 0.504 e. The Hall–Kier alpha value is -2.34. The van der Waals surface area contributed by atoms with Gasteiger partial charge in [-0.05, 0) is 30.3 Å². The van der Waals surface area contributed by atoms with E-state index in [1.54, 1.807) is 6.07 Å².